The summed E-state index contributed by atoms with van der Waals surface area (Å²) in [6, 6.07) is 8.63. The summed E-state index contributed by atoms with van der Waals surface area (Å²) in [6.07, 6.45) is 2.34. The van der Waals surface area contributed by atoms with E-state index in [2.05, 4.69) is 24.7 Å². The van der Waals surface area contributed by atoms with E-state index in [0.29, 0.717) is 13.2 Å². The number of carbonyl (C=O) groups excluding carboxylic acids is 1. The van der Waals surface area contributed by atoms with Gasteiger partial charge in [0.25, 0.3) is 11.3 Å². The van der Waals surface area contributed by atoms with Crippen LogP contribution in [-0.2, 0) is 11.5 Å². The third kappa shape index (κ3) is 9.10. The first kappa shape index (κ1) is 32.2. The van der Waals surface area contributed by atoms with Gasteiger partial charge in [0, 0.05) is 37.0 Å². The summed E-state index contributed by atoms with van der Waals surface area (Å²) in [7, 11) is -1.27. The van der Waals surface area contributed by atoms with Crippen LogP contribution in [-0.4, -0.2) is 65.7 Å². The van der Waals surface area contributed by atoms with E-state index < -0.39 is 25.5 Å². The zero-order chi connectivity index (χ0) is 29.3. The van der Waals surface area contributed by atoms with Crippen molar-refractivity contribution in [2.45, 2.75) is 84.1 Å². The van der Waals surface area contributed by atoms with Crippen LogP contribution in [0.5, 0.6) is 5.75 Å². The van der Waals surface area contributed by atoms with Gasteiger partial charge in [-0.05, 0) is 49.2 Å². The SMILES string of the molecule is CCCCOc1cn(COCC[Si](C)(C)C)nc(C(=O)N(CC(O)C(c2cccs2)c2cccs2)C(C)C)c1=O. The van der Waals surface area contributed by atoms with Gasteiger partial charge >= 0.3 is 0 Å². The Morgan fingerprint density at radius 2 is 1.77 bits per heavy atom. The normalized spacial score (nSPS) is 12.7. The van der Waals surface area contributed by atoms with Crippen molar-refractivity contribution in [2.24, 2.45) is 0 Å². The largest absolute Gasteiger partial charge is 0.488 e. The van der Waals surface area contributed by atoms with E-state index in [1.165, 1.54) is 15.8 Å². The van der Waals surface area contributed by atoms with Crippen LogP contribution < -0.4 is 10.2 Å². The third-order valence-electron chi connectivity index (χ3n) is 6.46. The molecule has 3 aromatic rings. The maximum Gasteiger partial charge on any atom is 0.278 e. The molecule has 8 nitrogen and oxygen atoms in total. The van der Waals surface area contributed by atoms with Crippen LogP contribution in [0.4, 0.5) is 0 Å². The molecule has 0 radical (unpaired) electrons. The number of aliphatic hydroxyl groups is 1. The number of thiophene rings is 2. The molecule has 0 aliphatic heterocycles. The Kier molecular flexibility index (Phi) is 12.1. The minimum Gasteiger partial charge on any atom is -0.488 e. The maximum absolute atomic E-state index is 13.9. The van der Waals surface area contributed by atoms with Gasteiger partial charge < -0.3 is 19.5 Å². The highest BCUT2D eigenvalue weighted by Crippen LogP contribution is 2.34. The average Bonchev–Trinajstić information content (AvgIpc) is 3.61. The molecule has 1 unspecified atom stereocenters. The van der Waals surface area contributed by atoms with Crippen LogP contribution in [0.2, 0.25) is 25.7 Å². The number of ether oxygens (including phenoxy) is 2. The summed E-state index contributed by atoms with van der Waals surface area (Å²) >= 11 is 3.15. The second kappa shape index (κ2) is 15.1. The number of carbonyl (C=O) groups is 1. The molecule has 40 heavy (non-hydrogen) atoms. The van der Waals surface area contributed by atoms with Crippen molar-refractivity contribution in [3.63, 3.8) is 0 Å². The topological polar surface area (TPSA) is 93.9 Å². The smallest absolute Gasteiger partial charge is 0.278 e. The van der Waals surface area contributed by atoms with Crippen molar-refractivity contribution in [1.82, 2.24) is 14.7 Å². The molecule has 0 saturated heterocycles. The van der Waals surface area contributed by atoms with Crippen molar-refractivity contribution in [1.29, 1.82) is 0 Å². The lowest BCUT2D eigenvalue weighted by Gasteiger charge is -2.31. The predicted octanol–water partition coefficient (Wildman–Crippen LogP) is 5.90. The molecule has 1 N–H and O–H groups in total. The highest BCUT2D eigenvalue weighted by molar-refractivity contribution is 7.11. The number of hydrogen-bond acceptors (Lipinski definition) is 8. The first-order chi connectivity index (χ1) is 19.0. The summed E-state index contributed by atoms with van der Waals surface area (Å²) in [6.45, 7) is 13.7. The Morgan fingerprint density at radius 1 is 1.12 bits per heavy atom. The second-order valence-corrected chi connectivity index (χ2v) is 19.0. The minimum atomic E-state index is -1.27. The molecule has 0 aromatic carbocycles. The maximum atomic E-state index is 13.9. The van der Waals surface area contributed by atoms with E-state index in [0.717, 1.165) is 28.6 Å². The van der Waals surface area contributed by atoms with Crippen LogP contribution in [0.3, 0.4) is 0 Å². The summed E-state index contributed by atoms with van der Waals surface area (Å²) in [5.74, 6) is -0.728. The number of hydrogen-bond donors (Lipinski definition) is 1. The Balaban J connectivity index is 1.89. The molecule has 220 valence electrons. The third-order valence-corrected chi connectivity index (χ3v) is 10.1. The molecule has 0 bridgehead atoms. The van der Waals surface area contributed by atoms with Gasteiger partial charge in [0.15, 0.2) is 11.4 Å². The van der Waals surface area contributed by atoms with Crippen LogP contribution in [0.15, 0.2) is 46.0 Å². The summed E-state index contributed by atoms with van der Waals surface area (Å²) < 4.78 is 13.1. The van der Waals surface area contributed by atoms with Crippen molar-refractivity contribution >= 4 is 36.7 Å². The molecule has 3 heterocycles. The Bertz CT molecular complexity index is 1210. The number of aliphatic hydroxyl groups excluding tert-OH is 1. The van der Waals surface area contributed by atoms with Gasteiger partial charge in [-0.2, -0.15) is 5.10 Å². The first-order valence-corrected chi connectivity index (χ1v) is 19.4. The van der Waals surface area contributed by atoms with E-state index >= 15 is 0 Å². The fourth-order valence-corrected chi connectivity index (χ4v) is 6.75. The first-order valence-electron chi connectivity index (χ1n) is 13.9. The summed E-state index contributed by atoms with van der Waals surface area (Å²) in [5, 5.41) is 19.8. The number of aromatic nitrogens is 2. The monoisotopic (exact) mass is 605 g/mol. The molecule has 1 atom stereocenters. The summed E-state index contributed by atoms with van der Waals surface area (Å²) in [5.41, 5.74) is -0.778. The van der Waals surface area contributed by atoms with Gasteiger partial charge in [-0.3, -0.25) is 9.59 Å². The molecule has 0 saturated carbocycles. The average molecular weight is 606 g/mol. The van der Waals surface area contributed by atoms with Crippen molar-refractivity contribution < 1.29 is 19.4 Å². The molecule has 0 aliphatic carbocycles. The zero-order valence-corrected chi connectivity index (χ0v) is 27.1. The molecular weight excluding hydrogens is 563 g/mol. The van der Waals surface area contributed by atoms with E-state index in [1.807, 2.05) is 55.8 Å². The molecule has 0 fully saturated rings. The van der Waals surface area contributed by atoms with Crippen molar-refractivity contribution in [3.8, 4) is 5.75 Å². The molecule has 3 rings (SSSR count). The van der Waals surface area contributed by atoms with Crippen molar-refractivity contribution in [2.75, 3.05) is 19.8 Å². The lowest BCUT2D eigenvalue weighted by molar-refractivity contribution is 0.0502. The van der Waals surface area contributed by atoms with Gasteiger partial charge in [-0.1, -0.05) is 45.1 Å². The molecular formula is C29H43N3O5S2Si. The van der Waals surface area contributed by atoms with Gasteiger partial charge in [0.2, 0.25) is 0 Å². The van der Waals surface area contributed by atoms with Gasteiger partial charge in [-0.15, -0.1) is 22.7 Å². The van der Waals surface area contributed by atoms with Crippen LogP contribution in [0, 0.1) is 0 Å². The van der Waals surface area contributed by atoms with Gasteiger partial charge in [0.05, 0.1) is 24.8 Å². The predicted molar refractivity (Wildman–Crippen MR) is 166 cm³/mol. The van der Waals surface area contributed by atoms with E-state index in [9.17, 15) is 14.7 Å². The minimum absolute atomic E-state index is 0.0473. The summed E-state index contributed by atoms with van der Waals surface area (Å²) in [4.78, 5) is 30.8. The molecule has 11 heteroatoms. The van der Waals surface area contributed by atoms with Crippen LogP contribution in [0.25, 0.3) is 0 Å². The highest BCUT2D eigenvalue weighted by Gasteiger charge is 2.32. The zero-order valence-electron chi connectivity index (χ0n) is 24.5. The number of nitrogens with zero attached hydrogens (tertiary/aromatic N) is 3. The standard InChI is InChI=1S/C29H43N3O5S2Si/c1-7-8-13-37-23-19-31(20-36-14-17-40(4,5)6)30-27(28(23)34)29(35)32(21(2)3)18-22(33)26(24-11-9-15-38-24)25-12-10-16-39-25/h9-12,15-16,19,21-22,26,33H,7-8,13-14,17-18,20H2,1-6H3. The second-order valence-electron chi connectivity index (χ2n) is 11.4. The quantitative estimate of drug-likeness (QED) is 0.161. The highest BCUT2D eigenvalue weighted by atomic mass is 32.1. The fourth-order valence-electron chi connectivity index (χ4n) is 4.11. The lowest BCUT2D eigenvalue weighted by Crippen LogP contribution is -2.46. The van der Waals surface area contributed by atoms with E-state index in [-0.39, 0.29) is 36.7 Å². The van der Waals surface area contributed by atoms with Crippen LogP contribution in [0.1, 0.15) is 59.8 Å². The van der Waals surface area contributed by atoms with E-state index in [4.69, 9.17) is 9.47 Å². The molecule has 0 spiro atoms. The van der Waals surface area contributed by atoms with Gasteiger partial charge in [0.1, 0.15) is 6.73 Å². The molecule has 1 amide bonds. The van der Waals surface area contributed by atoms with Crippen molar-refractivity contribution in [3.05, 3.63) is 66.9 Å². The Hall–Kier alpha value is -2.31. The Morgan fingerprint density at radius 3 is 2.30 bits per heavy atom. The Labute approximate surface area is 246 Å². The van der Waals surface area contributed by atoms with E-state index in [1.54, 1.807) is 22.7 Å². The van der Waals surface area contributed by atoms with Gasteiger partial charge in [-0.25, -0.2) is 4.68 Å². The number of unbranched alkanes of at least 4 members (excludes halogenated alkanes) is 1. The number of rotatable bonds is 16. The lowest BCUT2D eigenvalue weighted by atomic mass is 9.97. The fraction of sp³-hybridized carbons (Fsp3) is 0.552. The number of amides is 1. The van der Waals surface area contributed by atoms with Crippen LogP contribution >= 0.6 is 22.7 Å². The molecule has 3 aromatic heterocycles. The molecule has 0 aliphatic rings.